The topological polar surface area (TPSA) is 185 Å². The second kappa shape index (κ2) is 22.1. The van der Waals surface area contributed by atoms with Gasteiger partial charge in [0.05, 0.1) is 42.8 Å². The minimum atomic E-state index is -4.09. The number of alkyl carbamates (subject to hydrolysis) is 1. The third kappa shape index (κ3) is 13.4. The van der Waals surface area contributed by atoms with Gasteiger partial charge in [0, 0.05) is 13.1 Å². The zero-order valence-electron chi connectivity index (χ0n) is 35.0. The lowest BCUT2D eigenvalue weighted by atomic mass is 10.0. The van der Waals surface area contributed by atoms with Crippen LogP contribution in [0.15, 0.2) is 120 Å². The predicted octanol–water partition coefficient (Wildman–Crippen LogP) is 6.69. The molecule has 1 amide bonds. The number of aliphatic hydroxyl groups excluding tert-OH is 1. The average molecular weight is 895 g/mol. The van der Waals surface area contributed by atoms with Crippen LogP contribution in [0.3, 0.4) is 0 Å². The van der Waals surface area contributed by atoms with Crippen LogP contribution in [0, 0.1) is 11.8 Å². The van der Waals surface area contributed by atoms with Crippen LogP contribution < -0.4 is 10.1 Å². The van der Waals surface area contributed by atoms with Crippen LogP contribution in [0.4, 0.5) is 4.79 Å². The van der Waals surface area contributed by atoms with Gasteiger partial charge in [-0.1, -0.05) is 105 Å². The Hall–Kier alpha value is -4.64. The molecule has 17 heteroatoms. The Labute approximate surface area is 363 Å². The van der Waals surface area contributed by atoms with Gasteiger partial charge in [0.25, 0.3) is 0 Å². The monoisotopic (exact) mass is 894 g/mol. The first kappa shape index (κ1) is 46.9. The first-order valence-corrected chi connectivity index (χ1v) is 23.8. The summed E-state index contributed by atoms with van der Waals surface area (Å²) in [5, 5.41) is 14.5. The lowest BCUT2D eigenvalue weighted by molar-refractivity contribution is -0.153. The molecule has 2 aliphatic heterocycles. The molecule has 15 nitrogen and oxygen atoms in total. The largest absolute Gasteiger partial charge is 0.481 e. The number of sulfonamides is 1. The molecule has 334 valence electrons. The van der Waals surface area contributed by atoms with Gasteiger partial charge >= 0.3 is 19.7 Å². The molecular formula is C45H55N2O13PS. The maximum Gasteiger partial charge on any atom is 0.407 e. The molecular weight excluding hydrogens is 840 g/mol. The zero-order chi connectivity index (χ0) is 44.1. The van der Waals surface area contributed by atoms with E-state index in [-0.39, 0.29) is 61.8 Å². The Kier molecular flexibility index (Phi) is 16.7. The molecule has 2 aliphatic rings. The maximum atomic E-state index is 14.1. The first-order valence-electron chi connectivity index (χ1n) is 20.6. The lowest BCUT2D eigenvalue weighted by Crippen LogP contribution is -2.51. The number of aliphatic hydroxyl groups is 1. The fourth-order valence-electron chi connectivity index (χ4n) is 7.01. The van der Waals surface area contributed by atoms with Crippen LogP contribution in [0.2, 0.25) is 0 Å². The predicted molar refractivity (Wildman–Crippen MR) is 228 cm³/mol. The number of ether oxygens (including phenoxy) is 5. The van der Waals surface area contributed by atoms with Crippen molar-refractivity contribution in [2.45, 2.75) is 82.4 Å². The zero-order valence-corrected chi connectivity index (χ0v) is 36.7. The van der Waals surface area contributed by atoms with E-state index < -0.39 is 66.7 Å². The van der Waals surface area contributed by atoms with E-state index in [0.717, 1.165) is 11.1 Å². The van der Waals surface area contributed by atoms with E-state index in [4.69, 9.17) is 32.7 Å². The van der Waals surface area contributed by atoms with Crippen molar-refractivity contribution < 1.29 is 60.4 Å². The molecule has 0 saturated carbocycles. The number of amides is 1. The molecule has 1 unspecified atom stereocenters. The highest BCUT2D eigenvalue weighted by Gasteiger charge is 2.44. The van der Waals surface area contributed by atoms with Crippen molar-refractivity contribution in [2.24, 2.45) is 11.8 Å². The first-order chi connectivity index (χ1) is 29.8. The number of nitrogens with one attached hydrogen (secondary N) is 1. The molecule has 2 heterocycles. The van der Waals surface area contributed by atoms with Gasteiger partial charge in [-0.3, -0.25) is 9.09 Å². The summed E-state index contributed by atoms with van der Waals surface area (Å²) in [4.78, 5) is 26.4. The third-order valence-corrected chi connectivity index (χ3v) is 13.7. The SMILES string of the molecule is CC(C)CN(C[C@@H](O)[C@H](Cc1ccc(OCP(=O)(OCc2ccccc2)O[C@@H](C)C(=O)OCc2ccccc2)cc1)NC(=O)O[C@H]1CO[C@H]2OCC[C@H]21)S(=O)(=O)c1ccccc1. The molecule has 0 aromatic heterocycles. The highest BCUT2D eigenvalue weighted by Crippen LogP contribution is 2.50. The lowest BCUT2D eigenvalue weighted by Gasteiger charge is -2.31. The smallest absolute Gasteiger partial charge is 0.407 e. The van der Waals surface area contributed by atoms with Gasteiger partial charge in [-0.2, -0.15) is 4.31 Å². The van der Waals surface area contributed by atoms with E-state index >= 15 is 0 Å². The van der Waals surface area contributed by atoms with Gasteiger partial charge in [-0.15, -0.1) is 0 Å². The number of nitrogens with zero attached hydrogens (tertiary/aromatic N) is 1. The molecule has 2 N–H and O–H groups in total. The fourth-order valence-corrected chi connectivity index (χ4v) is 10.1. The quantitative estimate of drug-likeness (QED) is 0.0629. The Bertz CT molecular complexity index is 2180. The van der Waals surface area contributed by atoms with E-state index in [0.29, 0.717) is 18.6 Å². The van der Waals surface area contributed by atoms with Crippen molar-refractivity contribution in [2.75, 3.05) is 32.7 Å². The standard InChI is InChI=1S/C45H55N2O13PS/c1-32(2)26-47(62(52,53)38-17-11-6-12-18-38)27-41(48)40(46-45(50)59-42-30-56-44-39(42)23-24-54-44)25-34-19-21-37(22-20-34)57-31-61(51,58-29-36-15-9-5-10-16-36)60-33(3)43(49)55-28-35-13-7-4-8-14-35/h4-22,32-33,39-42,44,48H,23-31H2,1-3H3,(H,46,50)/t33-,39-,40-,41+,42-,44+,61?/m0/s1. The molecule has 62 heavy (non-hydrogen) atoms. The highest BCUT2D eigenvalue weighted by atomic mass is 32.2. The van der Waals surface area contributed by atoms with Crippen molar-refractivity contribution in [3.8, 4) is 5.75 Å². The molecule has 0 radical (unpaired) electrons. The van der Waals surface area contributed by atoms with Gasteiger partial charge in [0.2, 0.25) is 10.0 Å². The minimum absolute atomic E-state index is 0.00870. The van der Waals surface area contributed by atoms with E-state index in [1.54, 1.807) is 54.6 Å². The summed E-state index contributed by atoms with van der Waals surface area (Å²) in [6.07, 6.45) is -4.20. The molecule has 4 aromatic rings. The second-order valence-corrected chi connectivity index (χ2v) is 19.5. The van der Waals surface area contributed by atoms with Gasteiger partial charge in [0.1, 0.15) is 18.5 Å². The number of hydrogen-bond acceptors (Lipinski definition) is 13. The highest BCUT2D eigenvalue weighted by molar-refractivity contribution is 7.89. The second-order valence-electron chi connectivity index (χ2n) is 15.6. The normalized spacial score (nSPS) is 19.9. The number of fused-ring (bicyclic) bond motifs is 1. The van der Waals surface area contributed by atoms with E-state index in [2.05, 4.69) is 5.32 Å². The van der Waals surface area contributed by atoms with Crippen LogP contribution in [-0.2, 0) is 67.0 Å². The van der Waals surface area contributed by atoms with E-state index in [1.807, 2.05) is 62.4 Å². The van der Waals surface area contributed by atoms with E-state index in [1.165, 1.54) is 23.4 Å². The number of carbonyl (C=O) groups excluding carboxylic acids is 2. The van der Waals surface area contributed by atoms with Gasteiger partial charge in [-0.25, -0.2) is 18.0 Å². The minimum Gasteiger partial charge on any atom is -0.481 e. The van der Waals surface area contributed by atoms with Gasteiger partial charge < -0.3 is 38.6 Å². The van der Waals surface area contributed by atoms with Gasteiger partial charge in [0.15, 0.2) is 18.7 Å². The molecule has 0 bridgehead atoms. The molecule has 0 aliphatic carbocycles. The maximum absolute atomic E-state index is 14.1. The molecule has 7 atom stereocenters. The number of rotatable bonds is 22. The molecule has 4 aromatic carbocycles. The number of carbonyl (C=O) groups is 2. The Morgan fingerprint density at radius 3 is 2.11 bits per heavy atom. The molecule has 0 spiro atoms. The molecule has 2 fully saturated rings. The van der Waals surface area contributed by atoms with Crippen molar-refractivity contribution in [3.05, 3.63) is 132 Å². The van der Waals surface area contributed by atoms with E-state index in [9.17, 15) is 27.7 Å². The average Bonchev–Trinajstić information content (AvgIpc) is 3.90. The molecule has 6 rings (SSSR count). The summed E-state index contributed by atoms with van der Waals surface area (Å²) >= 11 is 0. The Morgan fingerprint density at radius 1 is 0.839 bits per heavy atom. The summed E-state index contributed by atoms with van der Waals surface area (Å²) in [5.41, 5.74) is 2.15. The summed E-state index contributed by atoms with van der Waals surface area (Å²) in [6, 6.07) is 31.8. The van der Waals surface area contributed by atoms with Crippen molar-refractivity contribution in [1.82, 2.24) is 9.62 Å². The fraction of sp³-hybridized carbons (Fsp3) is 0.422. The van der Waals surface area contributed by atoms with Crippen LogP contribution >= 0.6 is 7.60 Å². The summed E-state index contributed by atoms with van der Waals surface area (Å²) < 4.78 is 82.8. The third-order valence-electron chi connectivity index (χ3n) is 10.3. The summed E-state index contributed by atoms with van der Waals surface area (Å²) in [7, 11) is -8.10. The van der Waals surface area contributed by atoms with Crippen LogP contribution in [0.1, 0.15) is 43.9 Å². The van der Waals surface area contributed by atoms with Crippen molar-refractivity contribution in [3.63, 3.8) is 0 Å². The van der Waals surface area contributed by atoms with Crippen LogP contribution in [0.25, 0.3) is 0 Å². The van der Waals surface area contributed by atoms with Gasteiger partial charge in [-0.05, 0) is 66.6 Å². The van der Waals surface area contributed by atoms with Crippen molar-refractivity contribution >= 4 is 29.7 Å². The Morgan fingerprint density at radius 2 is 1.47 bits per heavy atom. The van der Waals surface area contributed by atoms with Crippen molar-refractivity contribution in [1.29, 1.82) is 0 Å². The number of esters is 1. The molecule has 2 saturated heterocycles. The number of benzene rings is 4. The van der Waals surface area contributed by atoms with Crippen LogP contribution in [0.5, 0.6) is 5.75 Å². The summed E-state index contributed by atoms with van der Waals surface area (Å²) in [6.45, 7) is 5.58. The number of hydrogen-bond donors (Lipinski definition) is 2. The Balaban J connectivity index is 1.14. The summed E-state index contributed by atoms with van der Waals surface area (Å²) in [5.74, 6) is -0.629. The van der Waals surface area contributed by atoms with Crippen LogP contribution in [-0.4, -0.2) is 93.2 Å².